The minimum absolute atomic E-state index is 0.0402. The number of rotatable bonds is 7. The molecule has 0 aliphatic heterocycles. The molecule has 0 bridgehead atoms. The van der Waals surface area contributed by atoms with E-state index in [4.69, 9.17) is 0 Å². The fourth-order valence-corrected chi connectivity index (χ4v) is 1.61. The number of allylic oxidation sites excluding steroid dienone is 1. The molecule has 7 nitrogen and oxygen atoms in total. The van der Waals surface area contributed by atoms with Crippen molar-refractivity contribution < 1.29 is 27.0 Å². The first kappa shape index (κ1) is 16.5. The standard InChI is InChI=1S/C10H15NO6S/c1-3-9(10(14)17-18(11,15)16)7(2)4-5-8(13)6-12/h6H,3-5H2,1-2H3,(H2,11,15,16)/b9-7+. The van der Waals surface area contributed by atoms with Crippen LogP contribution in [0.25, 0.3) is 0 Å². The van der Waals surface area contributed by atoms with E-state index >= 15 is 0 Å². The normalized spacial score (nSPS) is 12.6. The molecule has 0 atom stereocenters. The van der Waals surface area contributed by atoms with Crippen LogP contribution < -0.4 is 5.14 Å². The molecule has 0 heterocycles. The Morgan fingerprint density at radius 3 is 2.22 bits per heavy atom. The summed E-state index contributed by atoms with van der Waals surface area (Å²) in [6, 6.07) is 0. The number of nitrogens with two attached hydrogens (primary N) is 1. The molecule has 0 aliphatic rings. The Balaban J connectivity index is 4.87. The summed E-state index contributed by atoms with van der Waals surface area (Å²) in [5.41, 5.74) is 0.615. The number of carbonyl (C=O) groups is 3. The zero-order valence-electron chi connectivity index (χ0n) is 10.1. The molecule has 0 saturated heterocycles. The van der Waals surface area contributed by atoms with Gasteiger partial charge in [-0.05, 0) is 19.8 Å². The van der Waals surface area contributed by atoms with Crippen LogP contribution in [0.5, 0.6) is 0 Å². The van der Waals surface area contributed by atoms with Gasteiger partial charge in [0.05, 0.1) is 0 Å². The quantitative estimate of drug-likeness (QED) is 0.397. The van der Waals surface area contributed by atoms with Gasteiger partial charge in [0.25, 0.3) is 0 Å². The molecule has 0 spiro atoms. The number of ketones is 1. The van der Waals surface area contributed by atoms with Crippen molar-refractivity contribution in [3.05, 3.63) is 11.1 Å². The minimum Gasteiger partial charge on any atom is -0.330 e. The average Bonchev–Trinajstić information content (AvgIpc) is 2.24. The van der Waals surface area contributed by atoms with Crippen molar-refractivity contribution >= 4 is 28.3 Å². The lowest BCUT2D eigenvalue weighted by atomic mass is 10.0. The average molecular weight is 277 g/mol. The largest absolute Gasteiger partial charge is 0.382 e. The second kappa shape index (κ2) is 7.02. The second-order valence-corrected chi connectivity index (χ2v) is 4.71. The smallest absolute Gasteiger partial charge is 0.330 e. The van der Waals surface area contributed by atoms with E-state index in [9.17, 15) is 22.8 Å². The molecule has 0 amide bonds. The molecule has 0 rings (SSSR count). The summed E-state index contributed by atoms with van der Waals surface area (Å²) < 4.78 is 25.3. The maximum atomic E-state index is 11.5. The van der Waals surface area contributed by atoms with Crippen molar-refractivity contribution in [1.82, 2.24) is 0 Å². The van der Waals surface area contributed by atoms with E-state index in [1.54, 1.807) is 13.8 Å². The molecule has 0 aromatic carbocycles. The van der Waals surface area contributed by atoms with Crippen LogP contribution in [0.1, 0.15) is 33.1 Å². The van der Waals surface area contributed by atoms with Gasteiger partial charge in [-0.15, -0.1) is 0 Å². The summed E-state index contributed by atoms with van der Waals surface area (Å²) in [6.07, 6.45) is 0.568. The third-order valence-electron chi connectivity index (χ3n) is 2.18. The van der Waals surface area contributed by atoms with E-state index in [2.05, 4.69) is 9.32 Å². The number of Topliss-reactive ketones (excluding diaryl/α,β-unsaturated/α-hetero) is 1. The molecule has 0 unspecified atom stereocenters. The summed E-state index contributed by atoms with van der Waals surface area (Å²) in [5.74, 6) is -1.65. The van der Waals surface area contributed by atoms with Crippen LogP contribution in [-0.2, 0) is 28.9 Å². The zero-order chi connectivity index (χ0) is 14.3. The van der Waals surface area contributed by atoms with Crippen molar-refractivity contribution in [3.8, 4) is 0 Å². The van der Waals surface area contributed by atoms with Gasteiger partial charge < -0.3 is 4.18 Å². The highest BCUT2D eigenvalue weighted by atomic mass is 32.2. The van der Waals surface area contributed by atoms with Crippen LogP contribution in [0.3, 0.4) is 0 Å². The summed E-state index contributed by atoms with van der Waals surface area (Å²) in [5, 5.41) is 4.58. The maximum absolute atomic E-state index is 11.5. The van der Waals surface area contributed by atoms with Gasteiger partial charge in [-0.2, -0.15) is 13.6 Å². The van der Waals surface area contributed by atoms with Gasteiger partial charge in [0.1, 0.15) is 0 Å². The van der Waals surface area contributed by atoms with Crippen LogP contribution in [0.15, 0.2) is 11.1 Å². The molecule has 0 aliphatic carbocycles. The molecule has 2 N–H and O–H groups in total. The van der Waals surface area contributed by atoms with Gasteiger partial charge in [0.2, 0.25) is 0 Å². The Labute approximate surface area is 105 Å². The van der Waals surface area contributed by atoms with Gasteiger partial charge in [0.15, 0.2) is 12.1 Å². The van der Waals surface area contributed by atoms with Crippen molar-refractivity contribution in [2.45, 2.75) is 33.1 Å². The summed E-state index contributed by atoms with van der Waals surface area (Å²) in [4.78, 5) is 32.4. The predicted octanol–water partition coefficient (Wildman–Crippen LogP) is 0.00780. The Kier molecular flexibility index (Phi) is 6.42. The molecule has 0 fully saturated rings. The third kappa shape index (κ3) is 6.26. The number of hydrogen-bond acceptors (Lipinski definition) is 6. The monoisotopic (exact) mass is 277 g/mol. The molecular formula is C10H15NO6S. The molecule has 102 valence electrons. The zero-order valence-corrected chi connectivity index (χ0v) is 11.0. The fraction of sp³-hybridized carbons (Fsp3) is 0.500. The lowest BCUT2D eigenvalue weighted by molar-refractivity contribution is -0.130. The maximum Gasteiger partial charge on any atom is 0.382 e. The van der Waals surface area contributed by atoms with Gasteiger partial charge in [0, 0.05) is 12.0 Å². The topological polar surface area (TPSA) is 121 Å². The highest BCUT2D eigenvalue weighted by Crippen LogP contribution is 2.16. The fourth-order valence-electron chi connectivity index (χ4n) is 1.30. The van der Waals surface area contributed by atoms with Crippen LogP contribution in [-0.4, -0.2) is 26.5 Å². The van der Waals surface area contributed by atoms with E-state index in [0.29, 0.717) is 5.57 Å². The first-order chi connectivity index (χ1) is 8.21. The first-order valence-corrected chi connectivity index (χ1v) is 6.61. The van der Waals surface area contributed by atoms with Crippen molar-refractivity contribution in [2.24, 2.45) is 5.14 Å². The highest BCUT2D eigenvalue weighted by molar-refractivity contribution is 7.84. The lowest BCUT2D eigenvalue weighted by Crippen LogP contribution is -2.22. The molecule has 18 heavy (non-hydrogen) atoms. The Bertz CT molecular complexity index is 477. The molecule has 0 aromatic rings. The van der Waals surface area contributed by atoms with Gasteiger partial charge in [-0.25, -0.2) is 4.79 Å². The van der Waals surface area contributed by atoms with Crippen molar-refractivity contribution in [3.63, 3.8) is 0 Å². The molecule has 0 radical (unpaired) electrons. The Hall–Kier alpha value is -1.54. The van der Waals surface area contributed by atoms with Gasteiger partial charge >= 0.3 is 16.3 Å². The molecular weight excluding hydrogens is 262 g/mol. The molecule has 0 saturated carbocycles. The van der Waals surface area contributed by atoms with Crippen molar-refractivity contribution in [2.75, 3.05) is 0 Å². The summed E-state index contributed by atoms with van der Waals surface area (Å²) in [6.45, 7) is 3.19. The second-order valence-electron chi connectivity index (χ2n) is 3.56. The van der Waals surface area contributed by atoms with Gasteiger partial charge in [-0.3, -0.25) is 9.59 Å². The predicted molar refractivity (Wildman–Crippen MR) is 62.5 cm³/mol. The Morgan fingerprint density at radius 1 is 1.28 bits per heavy atom. The molecule has 0 aromatic heterocycles. The number of hydrogen-bond donors (Lipinski definition) is 1. The van der Waals surface area contributed by atoms with Crippen LogP contribution in [0, 0.1) is 0 Å². The molecule has 8 heteroatoms. The van der Waals surface area contributed by atoms with Crippen LogP contribution >= 0.6 is 0 Å². The van der Waals surface area contributed by atoms with E-state index < -0.39 is 22.1 Å². The van der Waals surface area contributed by atoms with Crippen LogP contribution in [0.4, 0.5) is 0 Å². The van der Waals surface area contributed by atoms with E-state index in [1.807, 2.05) is 0 Å². The van der Waals surface area contributed by atoms with Crippen molar-refractivity contribution in [1.29, 1.82) is 0 Å². The van der Waals surface area contributed by atoms with E-state index in [0.717, 1.165) is 0 Å². The SMILES string of the molecule is CC/C(C(=O)OS(N)(=O)=O)=C(/C)CCC(=O)C=O. The van der Waals surface area contributed by atoms with Crippen LogP contribution in [0.2, 0.25) is 0 Å². The Morgan fingerprint density at radius 2 is 1.83 bits per heavy atom. The highest BCUT2D eigenvalue weighted by Gasteiger charge is 2.18. The van der Waals surface area contributed by atoms with E-state index in [-0.39, 0.29) is 31.1 Å². The summed E-state index contributed by atoms with van der Waals surface area (Å²) >= 11 is 0. The van der Waals surface area contributed by atoms with Gasteiger partial charge in [-0.1, -0.05) is 12.5 Å². The number of carbonyl (C=O) groups excluding carboxylic acids is 3. The first-order valence-electron chi connectivity index (χ1n) is 5.14. The van der Waals surface area contributed by atoms with E-state index in [1.165, 1.54) is 0 Å². The summed E-state index contributed by atoms with van der Waals surface area (Å²) in [7, 11) is -4.35. The lowest BCUT2D eigenvalue weighted by Gasteiger charge is -2.08. The minimum atomic E-state index is -4.35. The third-order valence-corrected chi connectivity index (χ3v) is 2.57. The number of aldehydes is 1.